The lowest BCUT2D eigenvalue weighted by molar-refractivity contribution is 0.0337. The van der Waals surface area contributed by atoms with Crippen LogP contribution in [-0.2, 0) is 11.3 Å². The van der Waals surface area contributed by atoms with Crippen LogP contribution in [0.15, 0.2) is 41.3 Å². The van der Waals surface area contributed by atoms with Crippen molar-refractivity contribution in [1.82, 2.24) is 19.4 Å². The Morgan fingerprint density at radius 1 is 1.12 bits per heavy atom. The largest absolute Gasteiger partial charge is 0.379 e. The van der Waals surface area contributed by atoms with Crippen molar-refractivity contribution in [3.63, 3.8) is 0 Å². The fourth-order valence-electron chi connectivity index (χ4n) is 4.04. The van der Waals surface area contributed by atoms with Crippen molar-refractivity contribution in [2.45, 2.75) is 46.3 Å². The summed E-state index contributed by atoms with van der Waals surface area (Å²) in [6, 6.07) is 8.45. The first-order chi connectivity index (χ1) is 15.8. The molecule has 2 atom stereocenters. The Bertz CT molecular complexity index is 1170. The summed E-state index contributed by atoms with van der Waals surface area (Å²) in [7, 11) is 0. The molecule has 1 aliphatic rings. The van der Waals surface area contributed by atoms with Gasteiger partial charge < -0.3 is 10.1 Å². The van der Waals surface area contributed by atoms with Crippen LogP contribution in [0.4, 0.5) is 10.3 Å². The Morgan fingerprint density at radius 3 is 2.58 bits per heavy atom. The van der Waals surface area contributed by atoms with Crippen molar-refractivity contribution in [3.8, 4) is 0 Å². The van der Waals surface area contributed by atoms with Crippen molar-refractivity contribution in [1.29, 1.82) is 0 Å². The number of pyridine rings is 1. The average Bonchev–Trinajstić information content (AvgIpc) is 2.80. The molecular formula is C25H32FN5O2. The minimum atomic E-state index is -0.216. The smallest absolute Gasteiger partial charge is 0.252 e. The van der Waals surface area contributed by atoms with Crippen molar-refractivity contribution in [3.05, 3.63) is 63.8 Å². The van der Waals surface area contributed by atoms with E-state index in [0.717, 1.165) is 24.0 Å². The monoisotopic (exact) mass is 453 g/mol. The number of halogens is 1. The summed E-state index contributed by atoms with van der Waals surface area (Å²) < 4.78 is 21.9. The second-order valence-corrected chi connectivity index (χ2v) is 9.10. The van der Waals surface area contributed by atoms with Gasteiger partial charge in [-0.1, -0.05) is 26.0 Å². The van der Waals surface area contributed by atoms with Crippen LogP contribution < -0.4 is 10.9 Å². The van der Waals surface area contributed by atoms with Gasteiger partial charge in [0.15, 0.2) is 0 Å². The summed E-state index contributed by atoms with van der Waals surface area (Å²) in [6.45, 7) is 11.7. The average molecular weight is 454 g/mol. The molecule has 0 bridgehead atoms. The van der Waals surface area contributed by atoms with Gasteiger partial charge in [0.05, 0.1) is 19.3 Å². The normalized spacial score (nSPS) is 16.8. The van der Waals surface area contributed by atoms with E-state index in [1.807, 2.05) is 26.0 Å². The molecule has 0 saturated carbocycles. The molecule has 7 nitrogen and oxygen atoms in total. The molecule has 1 aliphatic heterocycles. The number of ether oxygens (including phenoxy) is 1. The number of fused-ring (bicyclic) bond motifs is 1. The third-order valence-electron chi connectivity index (χ3n) is 6.46. The molecule has 0 radical (unpaired) electrons. The van der Waals surface area contributed by atoms with E-state index in [-0.39, 0.29) is 29.4 Å². The molecule has 2 aromatic heterocycles. The van der Waals surface area contributed by atoms with Crippen LogP contribution in [0, 0.1) is 11.7 Å². The van der Waals surface area contributed by atoms with E-state index in [4.69, 9.17) is 4.74 Å². The molecule has 0 aliphatic carbocycles. The number of morpholine rings is 1. The molecule has 3 heterocycles. The first kappa shape index (κ1) is 23.3. The molecule has 176 valence electrons. The number of nitrogens with one attached hydrogen (secondary N) is 1. The van der Waals surface area contributed by atoms with Gasteiger partial charge in [-0.3, -0.25) is 14.3 Å². The predicted octanol–water partition coefficient (Wildman–Crippen LogP) is 4.15. The zero-order chi connectivity index (χ0) is 23.5. The number of hydrogen-bond donors (Lipinski definition) is 1. The van der Waals surface area contributed by atoms with Crippen molar-refractivity contribution in [2.75, 3.05) is 31.6 Å². The Labute approximate surface area is 193 Å². The molecule has 1 fully saturated rings. The zero-order valence-corrected chi connectivity index (χ0v) is 19.7. The van der Waals surface area contributed by atoms with Crippen LogP contribution in [0.5, 0.6) is 0 Å². The van der Waals surface area contributed by atoms with E-state index >= 15 is 0 Å². The van der Waals surface area contributed by atoms with E-state index in [2.05, 4.69) is 34.0 Å². The molecule has 0 amide bonds. The zero-order valence-electron chi connectivity index (χ0n) is 19.7. The Hall–Kier alpha value is -2.84. The lowest BCUT2D eigenvalue weighted by Gasteiger charge is -2.27. The van der Waals surface area contributed by atoms with Gasteiger partial charge in [0.1, 0.15) is 11.5 Å². The molecule has 3 aromatic rings. The van der Waals surface area contributed by atoms with Crippen LogP contribution >= 0.6 is 0 Å². The van der Waals surface area contributed by atoms with Gasteiger partial charge >= 0.3 is 0 Å². The summed E-state index contributed by atoms with van der Waals surface area (Å²) >= 11 is 0. The van der Waals surface area contributed by atoms with E-state index in [0.29, 0.717) is 36.9 Å². The van der Waals surface area contributed by atoms with Gasteiger partial charge in [-0.2, -0.15) is 4.98 Å². The molecule has 33 heavy (non-hydrogen) atoms. The Balaban J connectivity index is 1.55. The Morgan fingerprint density at radius 2 is 1.88 bits per heavy atom. The lowest BCUT2D eigenvalue weighted by atomic mass is 10.0. The van der Waals surface area contributed by atoms with Crippen LogP contribution in [0.3, 0.4) is 0 Å². The van der Waals surface area contributed by atoms with Crippen LogP contribution in [0.25, 0.3) is 11.0 Å². The van der Waals surface area contributed by atoms with Gasteiger partial charge in [-0.05, 0) is 37.5 Å². The SMILES string of the molecule is CC(C)[C@H](C)n1c(=O)ccc2cnc(N[C@@H](C)c3ccc(CN4CCOCC4)c(F)c3)nc21. The van der Waals surface area contributed by atoms with Crippen molar-refractivity contribution < 1.29 is 9.13 Å². The molecule has 4 rings (SSSR count). The third kappa shape index (κ3) is 5.23. The fourth-order valence-corrected chi connectivity index (χ4v) is 4.04. The maximum atomic E-state index is 14.8. The second-order valence-electron chi connectivity index (χ2n) is 9.10. The summed E-state index contributed by atoms with van der Waals surface area (Å²) in [5.74, 6) is 0.465. The maximum Gasteiger partial charge on any atom is 0.252 e. The van der Waals surface area contributed by atoms with Gasteiger partial charge in [0.25, 0.3) is 5.56 Å². The Kier molecular flexibility index (Phi) is 7.05. The van der Waals surface area contributed by atoms with Crippen molar-refractivity contribution >= 4 is 17.0 Å². The molecule has 1 aromatic carbocycles. The minimum absolute atomic E-state index is 0.00511. The molecule has 8 heteroatoms. The molecule has 0 unspecified atom stereocenters. The number of aromatic nitrogens is 3. The van der Waals surface area contributed by atoms with Crippen LogP contribution in [0.2, 0.25) is 0 Å². The first-order valence-electron chi connectivity index (χ1n) is 11.6. The van der Waals surface area contributed by atoms with Gasteiger partial charge in [-0.15, -0.1) is 0 Å². The summed E-state index contributed by atoms with van der Waals surface area (Å²) in [5, 5.41) is 4.07. The number of hydrogen-bond acceptors (Lipinski definition) is 6. The fraction of sp³-hybridized carbons (Fsp3) is 0.480. The van der Waals surface area contributed by atoms with E-state index in [1.165, 1.54) is 0 Å². The van der Waals surface area contributed by atoms with E-state index in [9.17, 15) is 9.18 Å². The lowest BCUT2D eigenvalue weighted by Crippen LogP contribution is -2.35. The molecule has 1 saturated heterocycles. The molecule has 0 spiro atoms. The van der Waals surface area contributed by atoms with Gasteiger partial charge in [0.2, 0.25) is 5.95 Å². The number of nitrogens with zero attached hydrogens (tertiary/aromatic N) is 4. The van der Waals surface area contributed by atoms with Crippen molar-refractivity contribution in [2.24, 2.45) is 5.92 Å². The highest BCUT2D eigenvalue weighted by Crippen LogP contribution is 2.23. The summed E-state index contributed by atoms with van der Waals surface area (Å²) in [4.78, 5) is 23.8. The van der Waals surface area contributed by atoms with Gasteiger partial charge in [-0.25, -0.2) is 9.37 Å². The summed E-state index contributed by atoms with van der Waals surface area (Å²) in [6.07, 6.45) is 1.71. The third-order valence-corrected chi connectivity index (χ3v) is 6.46. The predicted molar refractivity (Wildman–Crippen MR) is 128 cm³/mol. The second kappa shape index (κ2) is 9.97. The highest BCUT2D eigenvalue weighted by molar-refractivity contribution is 5.75. The minimum Gasteiger partial charge on any atom is -0.379 e. The van der Waals surface area contributed by atoms with E-state index in [1.54, 1.807) is 29.0 Å². The van der Waals surface area contributed by atoms with Crippen LogP contribution in [-0.4, -0.2) is 45.7 Å². The highest BCUT2D eigenvalue weighted by atomic mass is 19.1. The number of rotatable bonds is 7. The van der Waals surface area contributed by atoms with Gasteiger partial charge in [0, 0.05) is 48.9 Å². The molecule has 1 N–H and O–H groups in total. The number of anilines is 1. The standard InChI is InChI=1S/C25H32FN5O2/c1-16(2)18(4)31-23(32)8-7-20-14-27-25(29-24(20)31)28-17(3)19-5-6-21(22(26)13-19)15-30-9-11-33-12-10-30/h5-8,13-14,16-18H,9-12,15H2,1-4H3,(H,27,28,29)/t17-,18-/m0/s1. The molecular weight excluding hydrogens is 421 g/mol. The van der Waals surface area contributed by atoms with Crippen LogP contribution in [0.1, 0.15) is 50.9 Å². The first-order valence-corrected chi connectivity index (χ1v) is 11.6. The topological polar surface area (TPSA) is 72.3 Å². The quantitative estimate of drug-likeness (QED) is 0.579. The maximum absolute atomic E-state index is 14.8. The highest BCUT2D eigenvalue weighted by Gasteiger charge is 2.18. The summed E-state index contributed by atoms with van der Waals surface area (Å²) in [5.41, 5.74) is 2.00. The number of benzene rings is 1. The van der Waals surface area contributed by atoms with E-state index < -0.39 is 0 Å².